The maximum absolute atomic E-state index is 11.7. The summed E-state index contributed by atoms with van der Waals surface area (Å²) in [4.78, 5) is 11.7. The molecule has 0 saturated carbocycles. The SMILES string of the molecule is Cc1ccccc1CCC(=O)NCC1CCCN1.Cl. The first kappa shape index (κ1) is 16.0. The van der Waals surface area contributed by atoms with Crippen LogP contribution in [-0.2, 0) is 11.2 Å². The van der Waals surface area contributed by atoms with Crippen LogP contribution in [0, 0.1) is 6.92 Å². The second-order valence-corrected chi connectivity index (χ2v) is 5.02. The lowest BCUT2D eigenvalue weighted by Crippen LogP contribution is -2.37. The lowest BCUT2D eigenvalue weighted by Gasteiger charge is -2.11. The van der Waals surface area contributed by atoms with Gasteiger partial charge in [0.15, 0.2) is 0 Å². The molecule has 1 saturated heterocycles. The van der Waals surface area contributed by atoms with Crippen LogP contribution in [0.4, 0.5) is 0 Å². The Kier molecular flexibility index (Phi) is 6.89. The zero-order valence-electron chi connectivity index (χ0n) is 11.4. The van der Waals surface area contributed by atoms with Gasteiger partial charge in [0, 0.05) is 19.0 Å². The van der Waals surface area contributed by atoms with E-state index < -0.39 is 0 Å². The summed E-state index contributed by atoms with van der Waals surface area (Å²) in [5, 5.41) is 6.39. The molecule has 2 N–H and O–H groups in total. The average molecular weight is 283 g/mol. The fourth-order valence-electron chi connectivity index (χ4n) is 2.40. The molecule has 19 heavy (non-hydrogen) atoms. The highest BCUT2D eigenvalue weighted by Crippen LogP contribution is 2.09. The predicted octanol–water partition coefficient (Wildman–Crippen LogP) is 2.22. The topological polar surface area (TPSA) is 41.1 Å². The van der Waals surface area contributed by atoms with Gasteiger partial charge in [-0.2, -0.15) is 0 Å². The third-order valence-electron chi connectivity index (χ3n) is 3.59. The number of carbonyl (C=O) groups excluding carboxylic acids is 1. The molecule has 1 aliphatic heterocycles. The molecular weight excluding hydrogens is 260 g/mol. The van der Waals surface area contributed by atoms with E-state index in [1.165, 1.54) is 24.0 Å². The standard InChI is InChI=1S/C15H22N2O.ClH/c1-12-5-2-3-6-13(12)8-9-15(18)17-11-14-7-4-10-16-14;/h2-3,5-6,14,16H,4,7-11H2,1H3,(H,17,18);1H. The summed E-state index contributed by atoms with van der Waals surface area (Å²) in [5.74, 6) is 0.159. The van der Waals surface area contributed by atoms with E-state index in [9.17, 15) is 4.79 Å². The number of aryl methyl sites for hydroxylation is 2. The molecule has 1 heterocycles. The summed E-state index contributed by atoms with van der Waals surface area (Å²) in [6, 6.07) is 8.73. The number of hydrogen-bond donors (Lipinski definition) is 2. The highest BCUT2D eigenvalue weighted by atomic mass is 35.5. The van der Waals surface area contributed by atoms with Crippen molar-refractivity contribution in [1.29, 1.82) is 0 Å². The molecule has 0 aliphatic carbocycles. The van der Waals surface area contributed by atoms with Crippen molar-refractivity contribution in [2.75, 3.05) is 13.1 Å². The van der Waals surface area contributed by atoms with Crippen LogP contribution in [0.5, 0.6) is 0 Å². The van der Waals surface area contributed by atoms with Crippen LogP contribution >= 0.6 is 12.4 Å². The number of halogens is 1. The molecule has 0 bridgehead atoms. The number of amides is 1. The Morgan fingerprint density at radius 3 is 2.89 bits per heavy atom. The van der Waals surface area contributed by atoms with Crippen molar-refractivity contribution in [1.82, 2.24) is 10.6 Å². The van der Waals surface area contributed by atoms with E-state index in [1.54, 1.807) is 0 Å². The van der Waals surface area contributed by atoms with Gasteiger partial charge in [-0.3, -0.25) is 4.79 Å². The lowest BCUT2D eigenvalue weighted by atomic mass is 10.0. The Bertz CT molecular complexity index is 403. The minimum atomic E-state index is 0. The number of nitrogens with one attached hydrogen (secondary N) is 2. The number of carbonyl (C=O) groups is 1. The fraction of sp³-hybridized carbons (Fsp3) is 0.533. The summed E-state index contributed by atoms with van der Waals surface area (Å²) < 4.78 is 0. The third-order valence-corrected chi connectivity index (χ3v) is 3.59. The van der Waals surface area contributed by atoms with Gasteiger partial charge in [0.2, 0.25) is 5.91 Å². The molecule has 0 radical (unpaired) electrons. The van der Waals surface area contributed by atoms with Crippen molar-refractivity contribution in [3.63, 3.8) is 0 Å². The molecule has 1 unspecified atom stereocenters. The van der Waals surface area contributed by atoms with Crippen molar-refractivity contribution >= 4 is 18.3 Å². The Labute approximate surface area is 121 Å². The van der Waals surface area contributed by atoms with Crippen LogP contribution < -0.4 is 10.6 Å². The summed E-state index contributed by atoms with van der Waals surface area (Å²) in [6.07, 6.45) is 3.82. The molecule has 1 aliphatic rings. The Morgan fingerprint density at radius 2 is 2.21 bits per heavy atom. The van der Waals surface area contributed by atoms with Gasteiger partial charge in [0.25, 0.3) is 0 Å². The second kappa shape index (κ2) is 8.18. The van der Waals surface area contributed by atoms with Gasteiger partial charge in [-0.1, -0.05) is 24.3 Å². The Morgan fingerprint density at radius 1 is 1.42 bits per heavy atom. The van der Waals surface area contributed by atoms with E-state index >= 15 is 0 Å². The zero-order valence-corrected chi connectivity index (χ0v) is 12.3. The van der Waals surface area contributed by atoms with Crippen LogP contribution in [0.15, 0.2) is 24.3 Å². The number of hydrogen-bond acceptors (Lipinski definition) is 2. The molecular formula is C15H23ClN2O. The van der Waals surface area contributed by atoms with Crippen LogP contribution in [0.3, 0.4) is 0 Å². The molecule has 3 nitrogen and oxygen atoms in total. The van der Waals surface area contributed by atoms with Crippen molar-refractivity contribution in [2.45, 2.75) is 38.6 Å². The summed E-state index contributed by atoms with van der Waals surface area (Å²) in [6.45, 7) is 3.95. The van der Waals surface area contributed by atoms with Crippen LogP contribution in [0.1, 0.15) is 30.4 Å². The zero-order chi connectivity index (χ0) is 12.8. The maximum Gasteiger partial charge on any atom is 0.220 e. The first-order chi connectivity index (χ1) is 8.75. The maximum atomic E-state index is 11.7. The first-order valence-electron chi connectivity index (χ1n) is 6.80. The van der Waals surface area contributed by atoms with Gasteiger partial charge in [-0.05, 0) is 43.9 Å². The predicted molar refractivity (Wildman–Crippen MR) is 80.8 cm³/mol. The van der Waals surface area contributed by atoms with Crippen LogP contribution in [0.25, 0.3) is 0 Å². The Balaban J connectivity index is 0.00000180. The van der Waals surface area contributed by atoms with Crippen LogP contribution in [-0.4, -0.2) is 25.0 Å². The average Bonchev–Trinajstić information content (AvgIpc) is 2.88. The van der Waals surface area contributed by atoms with Crippen molar-refractivity contribution in [3.8, 4) is 0 Å². The molecule has 4 heteroatoms. The fourth-order valence-corrected chi connectivity index (χ4v) is 2.40. The minimum Gasteiger partial charge on any atom is -0.355 e. The minimum absolute atomic E-state index is 0. The van der Waals surface area contributed by atoms with E-state index in [2.05, 4.69) is 29.7 Å². The first-order valence-corrected chi connectivity index (χ1v) is 6.80. The number of rotatable bonds is 5. The normalized spacial score (nSPS) is 17.8. The van der Waals surface area contributed by atoms with Gasteiger partial charge >= 0.3 is 0 Å². The van der Waals surface area contributed by atoms with Gasteiger partial charge in [-0.15, -0.1) is 12.4 Å². The molecule has 1 amide bonds. The summed E-state index contributed by atoms with van der Waals surface area (Å²) in [7, 11) is 0. The highest BCUT2D eigenvalue weighted by Gasteiger charge is 2.14. The number of benzene rings is 1. The van der Waals surface area contributed by atoms with Crippen molar-refractivity contribution in [2.24, 2.45) is 0 Å². The molecule has 1 aromatic rings. The van der Waals surface area contributed by atoms with Crippen LogP contribution in [0.2, 0.25) is 0 Å². The quantitative estimate of drug-likeness (QED) is 0.869. The molecule has 1 atom stereocenters. The second-order valence-electron chi connectivity index (χ2n) is 5.02. The largest absolute Gasteiger partial charge is 0.355 e. The van der Waals surface area contributed by atoms with Gasteiger partial charge in [0.1, 0.15) is 0 Å². The van der Waals surface area contributed by atoms with E-state index in [0.29, 0.717) is 12.5 Å². The van der Waals surface area contributed by atoms with E-state index in [1.807, 2.05) is 12.1 Å². The van der Waals surface area contributed by atoms with Crippen molar-refractivity contribution in [3.05, 3.63) is 35.4 Å². The molecule has 1 aromatic carbocycles. The third kappa shape index (κ3) is 5.21. The molecule has 0 spiro atoms. The summed E-state index contributed by atoms with van der Waals surface area (Å²) >= 11 is 0. The summed E-state index contributed by atoms with van der Waals surface area (Å²) in [5.41, 5.74) is 2.54. The van der Waals surface area contributed by atoms with Crippen molar-refractivity contribution < 1.29 is 4.79 Å². The lowest BCUT2D eigenvalue weighted by molar-refractivity contribution is -0.121. The molecule has 2 rings (SSSR count). The molecule has 1 fully saturated rings. The molecule has 106 valence electrons. The molecule has 0 aromatic heterocycles. The van der Waals surface area contributed by atoms with Gasteiger partial charge in [-0.25, -0.2) is 0 Å². The smallest absolute Gasteiger partial charge is 0.220 e. The van der Waals surface area contributed by atoms with E-state index in [0.717, 1.165) is 19.5 Å². The van der Waals surface area contributed by atoms with E-state index in [4.69, 9.17) is 0 Å². The van der Waals surface area contributed by atoms with Gasteiger partial charge in [0.05, 0.1) is 0 Å². The highest BCUT2D eigenvalue weighted by molar-refractivity contribution is 5.85. The monoisotopic (exact) mass is 282 g/mol. The Hall–Kier alpha value is -1.06. The van der Waals surface area contributed by atoms with E-state index in [-0.39, 0.29) is 18.3 Å². The van der Waals surface area contributed by atoms with Gasteiger partial charge < -0.3 is 10.6 Å².